The number of rotatable bonds is 11. The van der Waals surface area contributed by atoms with E-state index in [1.54, 1.807) is 0 Å². The van der Waals surface area contributed by atoms with Gasteiger partial charge in [0.25, 0.3) is 0 Å². The smallest absolute Gasteiger partial charge is 0.231 e. The van der Waals surface area contributed by atoms with Gasteiger partial charge in [0, 0.05) is 0 Å². The fraction of sp³-hybridized carbons (Fsp3) is 0.600. The second-order valence-corrected chi connectivity index (χ2v) is 6.13. The molecule has 0 atom stereocenters. The monoisotopic (exact) mass is 302 g/mol. The molecule has 0 saturated carbocycles. The van der Waals surface area contributed by atoms with Crippen LogP contribution in [0.1, 0.15) is 76.7 Å². The molecule has 2 heteroatoms. The molecule has 2 nitrogen and oxygen atoms in total. The van der Waals surface area contributed by atoms with Gasteiger partial charge in [-0.2, -0.15) is 0 Å². The number of ether oxygens (including phenoxy) is 2. The lowest BCUT2D eigenvalue weighted by atomic mass is 10.1. The minimum atomic E-state index is 0.348. The van der Waals surface area contributed by atoms with Gasteiger partial charge >= 0.3 is 0 Å². The standard InChI is InChI=1S/C20H30O2/c1-2-3-4-5-6-7-8-9-10-11-12-13-18-14-15-19-20(16-18)22-17-21-19/h12-16H,2-11,17H2,1H3/b13-12+. The van der Waals surface area contributed by atoms with Gasteiger partial charge in [-0.15, -0.1) is 0 Å². The van der Waals surface area contributed by atoms with Gasteiger partial charge in [-0.1, -0.05) is 76.5 Å². The zero-order chi connectivity index (χ0) is 15.5. The summed E-state index contributed by atoms with van der Waals surface area (Å²) in [5.74, 6) is 1.72. The number of hydrogen-bond acceptors (Lipinski definition) is 2. The Balaban J connectivity index is 1.50. The van der Waals surface area contributed by atoms with Crippen LogP contribution in [0.25, 0.3) is 6.08 Å². The Bertz CT molecular complexity index is 451. The fourth-order valence-electron chi connectivity index (χ4n) is 2.81. The number of benzene rings is 1. The van der Waals surface area contributed by atoms with Crippen molar-refractivity contribution in [3.05, 3.63) is 29.8 Å². The van der Waals surface area contributed by atoms with Crippen LogP contribution in [0, 0.1) is 0 Å². The average Bonchev–Trinajstić information content (AvgIpc) is 3.00. The third-order valence-electron chi connectivity index (χ3n) is 4.18. The minimum absolute atomic E-state index is 0.348. The highest BCUT2D eigenvalue weighted by molar-refractivity contribution is 5.56. The molecule has 0 bridgehead atoms. The Hall–Kier alpha value is -1.44. The van der Waals surface area contributed by atoms with Crippen molar-refractivity contribution in [2.45, 2.75) is 71.1 Å². The molecule has 22 heavy (non-hydrogen) atoms. The highest BCUT2D eigenvalue weighted by atomic mass is 16.7. The third-order valence-corrected chi connectivity index (χ3v) is 4.18. The molecule has 1 aliphatic rings. The summed E-state index contributed by atoms with van der Waals surface area (Å²) in [5.41, 5.74) is 1.19. The van der Waals surface area contributed by atoms with E-state index in [0.29, 0.717) is 6.79 Å². The molecule has 0 fully saturated rings. The van der Waals surface area contributed by atoms with Crippen LogP contribution < -0.4 is 9.47 Å². The van der Waals surface area contributed by atoms with Crippen LogP contribution in [0.2, 0.25) is 0 Å². The summed E-state index contributed by atoms with van der Waals surface area (Å²) < 4.78 is 10.7. The van der Waals surface area contributed by atoms with Crippen molar-refractivity contribution in [1.29, 1.82) is 0 Å². The quantitative estimate of drug-likeness (QED) is 0.443. The molecule has 1 aliphatic heterocycles. The van der Waals surface area contributed by atoms with Crippen LogP contribution in [-0.2, 0) is 0 Å². The number of unbranched alkanes of at least 4 members (excludes halogenated alkanes) is 9. The van der Waals surface area contributed by atoms with Gasteiger partial charge in [0.1, 0.15) is 0 Å². The first-order chi connectivity index (χ1) is 10.9. The molecule has 1 aromatic rings. The van der Waals surface area contributed by atoms with E-state index >= 15 is 0 Å². The van der Waals surface area contributed by atoms with Crippen LogP contribution in [0.15, 0.2) is 24.3 Å². The van der Waals surface area contributed by atoms with E-state index in [0.717, 1.165) is 11.5 Å². The molecule has 0 N–H and O–H groups in total. The average molecular weight is 302 g/mol. The van der Waals surface area contributed by atoms with E-state index in [-0.39, 0.29) is 0 Å². The Kier molecular flexibility index (Phi) is 7.93. The first-order valence-corrected chi connectivity index (χ1v) is 8.96. The molecule has 0 spiro atoms. The number of fused-ring (bicyclic) bond motifs is 1. The predicted molar refractivity (Wildman–Crippen MR) is 93.4 cm³/mol. The molecule has 0 saturated heterocycles. The van der Waals surface area contributed by atoms with Crippen LogP contribution in [0.4, 0.5) is 0 Å². The van der Waals surface area contributed by atoms with Gasteiger partial charge in [-0.05, 0) is 30.5 Å². The number of hydrogen-bond donors (Lipinski definition) is 0. The van der Waals surface area contributed by atoms with E-state index in [1.807, 2.05) is 6.07 Å². The Morgan fingerprint density at radius 3 is 2.32 bits per heavy atom. The highest BCUT2D eigenvalue weighted by Gasteiger charge is 2.11. The van der Waals surface area contributed by atoms with Crippen LogP contribution >= 0.6 is 0 Å². The lowest BCUT2D eigenvalue weighted by Crippen LogP contribution is -1.92. The normalized spacial score (nSPS) is 13.1. The summed E-state index contributed by atoms with van der Waals surface area (Å²) in [5, 5.41) is 0. The van der Waals surface area contributed by atoms with Crippen molar-refractivity contribution in [1.82, 2.24) is 0 Å². The van der Waals surface area contributed by atoms with E-state index in [4.69, 9.17) is 9.47 Å². The molecule has 2 rings (SSSR count). The highest BCUT2D eigenvalue weighted by Crippen LogP contribution is 2.32. The van der Waals surface area contributed by atoms with Crippen molar-refractivity contribution in [2.24, 2.45) is 0 Å². The van der Waals surface area contributed by atoms with Crippen LogP contribution in [0.3, 0.4) is 0 Å². The maximum atomic E-state index is 5.39. The maximum absolute atomic E-state index is 5.39. The molecular weight excluding hydrogens is 272 g/mol. The first-order valence-electron chi connectivity index (χ1n) is 8.96. The summed E-state index contributed by atoms with van der Waals surface area (Å²) >= 11 is 0. The van der Waals surface area contributed by atoms with Crippen molar-refractivity contribution in [2.75, 3.05) is 6.79 Å². The molecule has 122 valence electrons. The molecular formula is C20H30O2. The van der Waals surface area contributed by atoms with Gasteiger partial charge in [0.15, 0.2) is 11.5 Å². The predicted octanol–water partition coefficient (Wildman–Crippen LogP) is 6.35. The lowest BCUT2D eigenvalue weighted by molar-refractivity contribution is 0.174. The van der Waals surface area contributed by atoms with Gasteiger partial charge in [0.05, 0.1) is 0 Å². The van der Waals surface area contributed by atoms with Crippen LogP contribution in [-0.4, -0.2) is 6.79 Å². The largest absolute Gasteiger partial charge is 0.454 e. The van der Waals surface area contributed by atoms with E-state index < -0.39 is 0 Å². The second-order valence-electron chi connectivity index (χ2n) is 6.13. The Morgan fingerprint density at radius 1 is 0.864 bits per heavy atom. The van der Waals surface area contributed by atoms with Crippen molar-refractivity contribution < 1.29 is 9.47 Å². The molecule has 1 aromatic carbocycles. The van der Waals surface area contributed by atoms with Crippen LogP contribution in [0.5, 0.6) is 11.5 Å². The SMILES string of the molecule is CCCCCCCCCCC/C=C/c1ccc2c(c1)OCO2. The zero-order valence-electron chi connectivity index (χ0n) is 14.0. The molecule has 0 unspecified atom stereocenters. The molecule has 0 aromatic heterocycles. The van der Waals surface area contributed by atoms with E-state index in [1.165, 1.54) is 69.8 Å². The third kappa shape index (κ3) is 6.13. The summed E-state index contributed by atoms with van der Waals surface area (Å²) in [6, 6.07) is 6.12. The first kappa shape index (κ1) is 16.9. The van der Waals surface area contributed by atoms with Crippen molar-refractivity contribution >= 4 is 6.08 Å². The summed E-state index contributed by atoms with van der Waals surface area (Å²) in [7, 11) is 0. The molecule has 0 amide bonds. The van der Waals surface area contributed by atoms with Crippen molar-refractivity contribution in [3.63, 3.8) is 0 Å². The lowest BCUT2D eigenvalue weighted by Gasteiger charge is -2.01. The minimum Gasteiger partial charge on any atom is -0.454 e. The van der Waals surface area contributed by atoms with Gasteiger partial charge in [-0.3, -0.25) is 0 Å². The van der Waals surface area contributed by atoms with Crippen molar-refractivity contribution in [3.8, 4) is 11.5 Å². The maximum Gasteiger partial charge on any atom is 0.231 e. The van der Waals surface area contributed by atoms with Gasteiger partial charge in [0.2, 0.25) is 6.79 Å². The summed E-state index contributed by atoms with van der Waals surface area (Å²) in [6.45, 7) is 2.62. The summed E-state index contributed by atoms with van der Waals surface area (Å²) in [4.78, 5) is 0. The zero-order valence-corrected chi connectivity index (χ0v) is 14.0. The Morgan fingerprint density at radius 2 is 1.55 bits per heavy atom. The molecule has 0 aliphatic carbocycles. The van der Waals surface area contributed by atoms with Gasteiger partial charge < -0.3 is 9.47 Å². The molecule has 1 heterocycles. The van der Waals surface area contributed by atoms with E-state index in [2.05, 4.69) is 31.2 Å². The summed E-state index contributed by atoms with van der Waals surface area (Å²) in [6.07, 6.45) is 18.1. The molecule has 0 radical (unpaired) electrons. The van der Waals surface area contributed by atoms with Gasteiger partial charge in [-0.25, -0.2) is 0 Å². The fourth-order valence-corrected chi connectivity index (χ4v) is 2.81. The number of allylic oxidation sites excluding steroid dienone is 1. The Labute approximate surface area is 135 Å². The second kappa shape index (κ2) is 10.3. The van der Waals surface area contributed by atoms with E-state index in [9.17, 15) is 0 Å². The topological polar surface area (TPSA) is 18.5 Å².